The highest BCUT2D eigenvalue weighted by molar-refractivity contribution is 7.14. The predicted molar refractivity (Wildman–Crippen MR) is 112 cm³/mol. The number of hydrogen-bond acceptors (Lipinski definition) is 6. The van der Waals surface area contributed by atoms with Crippen molar-refractivity contribution in [1.82, 2.24) is 9.55 Å². The highest BCUT2D eigenvalue weighted by atomic mass is 32.1. The minimum absolute atomic E-state index is 0.0601. The van der Waals surface area contributed by atoms with E-state index in [0.29, 0.717) is 22.3 Å². The lowest BCUT2D eigenvalue weighted by Crippen LogP contribution is -2.26. The minimum Gasteiger partial charge on any atom is -0.454 e. The SMILES string of the molecule is Cc1ccc(C(=O)COC(=O)c2ccc3c(=O)n4c(nc3c2)CCCCCC4)s1. The number of ether oxygens (including phenoxy) is 1. The number of benzene rings is 1. The van der Waals surface area contributed by atoms with Crippen LogP contribution < -0.4 is 5.56 Å². The second-order valence-electron chi connectivity index (χ2n) is 7.29. The van der Waals surface area contributed by atoms with Crippen molar-refractivity contribution in [2.45, 2.75) is 45.6 Å². The summed E-state index contributed by atoms with van der Waals surface area (Å²) in [5.74, 6) is -0.0480. The fourth-order valence-corrected chi connectivity index (χ4v) is 4.38. The Morgan fingerprint density at radius 1 is 1.14 bits per heavy atom. The first-order valence-corrected chi connectivity index (χ1v) is 10.6. The Labute approximate surface area is 172 Å². The summed E-state index contributed by atoms with van der Waals surface area (Å²) in [4.78, 5) is 43.7. The second-order valence-corrected chi connectivity index (χ2v) is 8.58. The molecule has 0 fully saturated rings. The van der Waals surface area contributed by atoms with Crippen LogP contribution in [0.15, 0.2) is 35.1 Å². The van der Waals surface area contributed by atoms with E-state index in [1.54, 1.807) is 28.8 Å². The van der Waals surface area contributed by atoms with Gasteiger partial charge in [0, 0.05) is 17.8 Å². The van der Waals surface area contributed by atoms with Gasteiger partial charge in [-0.2, -0.15) is 0 Å². The molecule has 6 nitrogen and oxygen atoms in total. The van der Waals surface area contributed by atoms with Crippen LogP contribution in [0, 0.1) is 6.92 Å². The van der Waals surface area contributed by atoms with Gasteiger partial charge in [0.15, 0.2) is 6.61 Å². The number of carbonyl (C=O) groups excluding carboxylic acids is 2. The maximum Gasteiger partial charge on any atom is 0.338 e. The molecule has 4 rings (SSSR count). The Morgan fingerprint density at radius 3 is 2.76 bits per heavy atom. The Morgan fingerprint density at radius 2 is 1.97 bits per heavy atom. The van der Waals surface area contributed by atoms with Gasteiger partial charge < -0.3 is 4.74 Å². The number of nitrogens with zero attached hydrogens (tertiary/aromatic N) is 2. The van der Waals surface area contributed by atoms with Gasteiger partial charge in [-0.25, -0.2) is 9.78 Å². The second kappa shape index (κ2) is 8.29. The number of thiophene rings is 1. The lowest BCUT2D eigenvalue weighted by Gasteiger charge is -2.16. The van der Waals surface area contributed by atoms with Crippen LogP contribution in [-0.2, 0) is 17.7 Å². The molecule has 2 aromatic heterocycles. The Hall–Kier alpha value is -2.80. The zero-order chi connectivity index (χ0) is 20.4. The fraction of sp³-hybridized carbons (Fsp3) is 0.364. The van der Waals surface area contributed by atoms with E-state index < -0.39 is 5.97 Å². The largest absolute Gasteiger partial charge is 0.454 e. The van der Waals surface area contributed by atoms with Crippen LogP contribution in [0.2, 0.25) is 0 Å². The first-order valence-electron chi connectivity index (χ1n) is 9.83. The number of Topliss-reactive ketones (excluding diaryl/α,β-unsaturated/α-hetero) is 1. The maximum atomic E-state index is 12.9. The molecule has 1 aliphatic rings. The van der Waals surface area contributed by atoms with Gasteiger partial charge in [-0.05, 0) is 50.1 Å². The van der Waals surface area contributed by atoms with Gasteiger partial charge in [-0.1, -0.05) is 12.8 Å². The summed E-state index contributed by atoms with van der Waals surface area (Å²) < 4.78 is 6.95. The number of esters is 1. The molecule has 0 unspecified atom stereocenters. The van der Waals surface area contributed by atoms with E-state index >= 15 is 0 Å². The number of carbonyl (C=O) groups is 2. The molecule has 7 heteroatoms. The van der Waals surface area contributed by atoms with Crippen molar-refractivity contribution in [2.75, 3.05) is 6.61 Å². The first kappa shape index (κ1) is 19.5. The highest BCUT2D eigenvalue weighted by Gasteiger charge is 2.17. The number of aryl methyl sites for hydroxylation is 2. The number of hydrogen-bond donors (Lipinski definition) is 0. The van der Waals surface area contributed by atoms with Gasteiger partial charge in [-0.15, -0.1) is 11.3 Å². The maximum absolute atomic E-state index is 12.9. The van der Waals surface area contributed by atoms with Gasteiger partial charge in [0.25, 0.3) is 5.56 Å². The van der Waals surface area contributed by atoms with Crippen molar-refractivity contribution in [3.8, 4) is 0 Å². The molecule has 1 aliphatic heterocycles. The van der Waals surface area contributed by atoms with Gasteiger partial charge >= 0.3 is 5.97 Å². The molecule has 0 saturated carbocycles. The molecule has 0 aliphatic carbocycles. The molecular formula is C22H22N2O4S. The third kappa shape index (κ3) is 4.15. The number of fused-ring (bicyclic) bond motifs is 2. The molecule has 0 amide bonds. The first-order chi connectivity index (χ1) is 14.0. The van der Waals surface area contributed by atoms with E-state index in [1.165, 1.54) is 11.3 Å². The van der Waals surface area contributed by atoms with Crippen LogP contribution in [0.3, 0.4) is 0 Å². The van der Waals surface area contributed by atoms with Gasteiger partial charge in [0.05, 0.1) is 21.3 Å². The van der Waals surface area contributed by atoms with E-state index in [4.69, 9.17) is 4.74 Å². The Kier molecular flexibility index (Phi) is 5.58. The summed E-state index contributed by atoms with van der Waals surface area (Å²) >= 11 is 1.38. The van der Waals surface area contributed by atoms with Crippen LogP contribution in [0.1, 0.15) is 56.4 Å². The van der Waals surface area contributed by atoms with Crippen LogP contribution >= 0.6 is 11.3 Å². The lowest BCUT2D eigenvalue weighted by atomic mass is 10.1. The highest BCUT2D eigenvalue weighted by Crippen LogP contribution is 2.18. The molecule has 3 aromatic rings. The fourth-order valence-electron chi connectivity index (χ4n) is 3.59. The third-order valence-electron chi connectivity index (χ3n) is 5.15. The van der Waals surface area contributed by atoms with E-state index in [0.717, 1.165) is 42.8 Å². The van der Waals surface area contributed by atoms with E-state index in [1.807, 2.05) is 13.0 Å². The molecule has 0 spiro atoms. The van der Waals surface area contributed by atoms with Gasteiger partial charge in [0.1, 0.15) is 5.82 Å². The molecule has 0 atom stereocenters. The predicted octanol–water partition coefficient (Wildman–Crippen LogP) is 3.92. The van der Waals surface area contributed by atoms with E-state index in [9.17, 15) is 14.4 Å². The molecule has 0 N–H and O–H groups in total. The van der Waals surface area contributed by atoms with E-state index in [2.05, 4.69) is 4.98 Å². The molecule has 3 heterocycles. The van der Waals surface area contributed by atoms with Crippen LogP contribution in [0.5, 0.6) is 0 Å². The van der Waals surface area contributed by atoms with Crippen molar-refractivity contribution >= 4 is 34.0 Å². The monoisotopic (exact) mass is 410 g/mol. The third-order valence-corrected chi connectivity index (χ3v) is 6.19. The average Bonchev–Trinajstić information content (AvgIpc) is 3.13. The van der Waals surface area contributed by atoms with Crippen LogP contribution in [0.4, 0.5) is 0 Å². The molecule has 0 saturated heterocycles. The molecule has 29 heavy (non-hydrogen) atoms. The quantitative estimate of drug-likeness (QED) is 0.481. The van der Waals surface area contributed by atoms with Crippen molar-refractivity contribution in [3.63, 3.8) is 0 Å². The van der Waals surface area contributed by atoms with Crippen LogP contribution in [0.25, 0.3) is 10.9 Å². The van der Waals surface area contributed by atoms with Crippen LogP contribution in [-0.4, -0.2) is 27.9 Å². The topological polar surface area (TPSA) is 78.3 Å². The summed E-state index contributed by atoms with van der Waals surface area (Å²) in [5.41, 5.74) is 0.724. The van der Waals surface area contributed by atoms with Crippen molar-refractivity contribution in [1.29, 1.82) is 0 Å². The van der Waals surface area contributed by atoms with Gasteiger partial charge in [0.2, 0.25) is 5.78 Å². The van der Waals surface area contributed by atoms with E-state index in [-0.39, 0.29) is 23.5 Å². The van der Waals surface area contributed by atoms with Crippen molar-refractivity contribution in [3.05, 3.63) is 61.8 Å². The Balaban J connectivity index is 1.56. The standard InChI is InChI=1S/C22H22N2O4S/c1-14-7-10-19(29-14)18(25)13-28-22(27)15-8-9-16-17(12-15)23-20-6-4-2-3-5-11-24(20)21(16)26/h7-10,12H,2-6,11,13H2,1H3. The van der Waals surface area contributed by atoms with Crippen molar-refractivity contribution < 1.29 is 14.3 Å². The zero-order valence-electron chi connectivity index (χ0n) is 16.3. The van der Waals surface area contributed by atoms with Gasteiger partial charge in [-0.3, -0.25) is 14.2 Å². The molecule has 150 valence electrons. The number of ketones is 1. The molecule has 0 bridgehead atoms. The number of rotatable bonds is 4. The van der Waals surface area contributed by atoms with Crippen molar-refractivity contribution in [2.24, 2.45) is 0 Å². The number of aromatic nitrogens is 2. The average molecular weight is 410 g/mol. The summed E-state index contributed by atoms with van der Waals surface area (Å²) in [7, 11) is 0. The summed E-state index contributed by atoms with van der Waals surface area (Å²) in [6.07, 6.45) is 5.00. The molecule has 1 aromatic carbocycles. The minimum atomic E-state index is -0.595. The zero-order valence-corrected chi connectivity index (χ0v) is 17.1. The lowest BCUT2D eigenvalue weighted by molar-refractivity contribution is 0.0476. The molecular weight excluding hydrogens is 388 g/mol. The normalized spacial score (nSPS) is 14.1. The Bertz CT molecular complexity index is 1150. The smallest absolute Gasteiger partial charge is 0.338 e. The summed E-state index contributed by atoms with van der Waals surface area (Å²) in [5, 5.41) is 0.496. The molecule has 0 radical (unpaired) electrons. The summed E-state index contributed by atoms with van der Waals surface area (Å²) in [6, 6.07) is 8.36. The summed E-state index contributed by atoms with van der Waals surface area (Å²) in [6.45, 7) is 2.29.